The van der Waals surface area contributed by atoms with Gasteiger partial charge in [0.2, 0.25) is 0 Å². The molecule has 0 aromatic heterocycles. The Morgan fingerprint density at radius 2 is 1.68 bits per heavy atom. The van der Waals surface area contributed by atoms with Gasteiger partial charge in [-0.15, -0.1) is 0 Å². The van der Waals surface area contributed by atoms with Gasteiger partial charge in [0.1, 0.15) is 11.5 Å². The van der Waals surface area contributed by atoms with Gasteiger partial charge in [-0.3, -0.25) is 9.59 Å². The third-order valence-electron chi connectivity index (χ3n) is 6.48. The minimum atomic E-state index is -0.500. The highest BCUT2D eigenvalue weighted by atomic mass is 16.5. The summed E-state index contributed by atoms with van der Waals surface area (Å²) in [6, 6.07) is 13.2. The van der Waals surface area contributed by atoms with Gasteiger partial charge in [-0.25, -0.2) is 0 Å². The van der Waals surface area contributed by atoms with Gasteiger partial charge in [0.15, 0.2) is 11.6 Å². The molecule has 5 nitrogen and oxygen atoms in total. The quantitative estimate of drug-likeness (QED) is 0.791. The van der Waals surface area contributed by atoms with E-state index in [4.69, 9.17) is 9.47 Å². The van der Waals surface area contributed by atoms with Gasteiger partial charge in [-0.05, 0) is 30.0 Å². The van der Waals surface area contributed by atoms with Gasteiger partial charge in [-0.1, -0.05) is 38.1 Å². The molecule has 0 unspecified atom stereocenters. The number of allylic oxidation sites excluding steroid dienone is 3. The lowest BCUT2D eigenvalue weighted by atomic mass is 9.68. The molecular formula is C26H25NO4. The molecule has 158 valence electrons. The minimum Gasteiger partial charge on any atom is -0.497 e. The molecule has 3 aliphatic rings. The molecule has 2 aromatic rings. The van der Waals surface area contributed by atoms with Crippen LogP contribution >= 0.6 is 0 Å². The number of rotatable bonds is 3. The van der Waals surface area contributed by atoms with Crippen LogP contribution in [0.5, 0.6) is 11.5 Å². The number of Topliss-reactive ketones (excluding diaryl/α,β-unsaturated/α-hetero) is 2. The fourth-order valence-corrected chi connectivity index (χ4v) is 5.17. The van der Waals surface area contributed by atoms with Crippen LogP contribution in [0.15, 0.2) is 59.3 Å². The molecule has 0 saturated carbocycles. The Morgan fingerprint density at radius 1 is 0.935 bits per heavy atom. The number of nitrogens with one attached hydrogen (secondary N) is 1. The first-order valence-corrected chi connectivity index (χ1v) is 10.5. The first kappa shape index (κ1) is 19.6. The summed E-state index contributed by atoms with van der Waals surface area (Å²) >= 11 is 0. The Hall–Kier alpha value is -3.34. The summed E-state index contributed by atoms with van der Waals surface area (Å²) in [5.74, 6) is 0.818. The van der Waals surface area contributed by atoms with Crippen LogP contribution in [0.3, 0.4) is 0 Å². The highest BCUT2D eigenvalue weighted by molar-refractivity contribution is 6.23. The number of dihydropyridines is 1. The van der Waals surface area contributed by atoms with Crippen molar-refractivity contribution in [2.45, 2.75) is 32.6 Å². The predicted octanol–water partition coefficient (Wildman–Crippen LogP) is 4.64. The Bertz CT molecular complexity index is 1200. The van der Waals surface area contributed by atoms with Crippen LogP contribution in [0.4, 0.5) is 0 Å². The van der Waals surface area contributed by atoms with Crippen molar-refractivity contribution in [2.75, 3.05) is 14.2 Å². The number of ether oxygens (including phenoxy) is 2. The second-order valence-electron chi connectivity index (χ2n) is 9.16. The minimum absolute atomic E-state index is 0.0443. The molecule has 0 fully saturated rings. The maximum absolute atomic E-state index is 13.6. The van der Waals surface area contributed by atoms with Crippen molar-refractivity contribution in [3.05, 3.63) is 76.0 Å². The maximum atomic E-state index is 13.6. The van der Waals surface area contributed by atoms with Crippen molar-refractivity contribution in [3.63, 3.8) is 0 Å². The van der Waals surface area contributed by atoms with Crippen molar-refractivity contribution in [1.29, 1.82) is 0 Å². The van der Waals surface area contributed by atoms with E-state index < -0.39 is 5.92 Å². The van der Waals surface area contributed by atoms with E-state index in [1.54, 1.807) is 14.2 Å². The SMILES string of the molecule is COc1ccc(OC)c([C@@H]2C3=C(CC(C)(C)CC3=O)NC3=C2C(=O)c2ccccc23)c1. The number of carbonyl (C=O) groups excluding carboxylic acids is 2. The van der Waals surface area contributed by atoms with Gasteiger partial charge in [0, 0.05) is 45.9 Å². The lowest BCUT2D eigenvalue weighted by molar-refractivity contribution is -0.118. The Kier molecular flexibility index (Phi) is 4.33. The largest absolute Gasteiger partial charge is 0.497 e. The third-order valence-corrected chi connectivity index (χ3v) is 6.48. The van der Waals surface area contributed by atoms with Gasteiger partial charge in [0.05, 0.1) is 19.9 Å². The molecule has 0 bridgehead atoms. The number of benzene rings is 2. The Morgan fingerprint density at radius 3 is 2.39 bits per heavy atom. The van der Waals surface area contributed by atoms with E-state index in [2.05, 4.69) is 19.2 Å². The van der Waals surface area contributed by atoms with Crippen LogP contribution in [-0.2, 0) is 4.79 Å². The fourth-order valence-electron chi connectivity index (χ4n) is 5.17. The molecule has 1 aliphatic heterocycles. The summed E-state index contributed by atoms with van der Waals surface area (Å²) in [4.78, 5) is 27.0. The van der Waals surface area contributed by atoms with E-state index in [1.807, 2.05) is 42.5 Å². The summed E-state index contributed by atoms with van der Waals surface area (Å²) < 4.78 is 11.1. The average Bonchev–Trinajstić information content (AvgIpc) is 3.03. The summed E-state index contributed by atoms with van der Waals surface area (Å²) in [7, 11) is 3.21. The van der Waals surface area contributed by atoms with Crippen LogP contribution in [0.1, 0.15) is 54.1 Å². The van der Waals surface area contributed by atoms with Gasteiger partial charge in [-0.2, -0.15) is 0 Å². The van der Waals surface area contributed by atoms with E-state index in [1.165, 1.54) is 0 Å². The first-order valence-electron chi connectivity index (χ1n) is 10.5. The number of hydrogen-bond acceptors (Lipinski definition) is 5. The van der Waals surface area contributed by atoms with E-state index in [0.717, 1.165) is 28.9 Å². The highest BCUT2D eigenvalue weighted by Crippen LogP contribution is 2.53. The van der Waals surface area contributed by atoms with Crippen molar-refractivity contribution in [2.24, 2.45) is 5.41 Å². The molecule has 1 atom stereocenters. The van der Waals surface area contributed by atoms with Gasteiger partial charge in [0.25, 0.3) is 0 Å². The second-order valence-corrected chi connectivity index (χ2v) is 9.16. The number of fused-ring (bicyclic) bond motifs is 2. The fraction of sp³-hybridized carbons (Fsp3) is 0.308. The van der Waals surface area contributed by atoms with Crippen LogP contribution in [0.2, 0.25) is 0 Å². The van der Waals surface area contributed by atoms with Crippen molar-refractivity contribution < 1.29 is 19.1 Å². The van der Waals surface area contributed by atoms with E-state index >= 15 is 0 Å². The zero-order valence-corrected chi connectivity index (χ0v) is 18.2. The Balaban J connectivity index is 1.79. The molecule has 0 spiro atoms. The first-order chi connectivity index (χ1) is 14.8. The summed E-state index contributed by atoms with van der Waals surface area (Å²) in [6.07, 6.45) is 1.18. The highest BCUT2D eigenvalue weighted by Gasteiger charge is 2.47. The molecule has 0 radical (unpaired) electrons. The molecule has 5 heteroatoms. The lowest BCUT2D eigenvalue weighted by Gasteiger charge is -2.39. The van der Waals surface area contributed by atoms with Crippen LogP contribution in [-0.4, -0.2) is 25.8 Å². The molecule has 2 aliphatic carbocycles. The molecule has 1 N–H and O–H groups in total. The second kappa shape index (κ2) is 6.84. The molecule has 1 heterocycles. The third kappa shape index (κ3) is 2.91. The molecular weight excluding hydrogens is 390 g/mol. The van der Waals surface area contributed by atoms with E-state index in [9.17, 15) is 9.59 Å². The van der Waals surface area contributed by atoms with Gasteiger partial charge < -0.3 is 14.8 Å². The van der Waals surface area contributed by atoms with Crippen LogP contribution < -0.4 is 14.8 Å². The summed E-state index contributed by atoms with van der Waals surface area (Å²) in [6.45, 7) is 4.21. The maximum Gasteiger partial charge on any atom is 0.192 e. The van der Waals surface area contributed by atoms with Crippen molar-refractivity contribution >= 4 is 17.3 Å². The molecule has 2 aromatic carbocycles. The number of ketones is 2. The number of carbonyl (C=O) groups is 2. The van der Waals surface area contributed by atoms with Gasteiger partial charge >= 0.3 is 0 Å². The summed E-state index contributed by atoms with van der Waals surface area (Å²) in [5.41, 5.74) is 5.17. The average molecular weight is 415 g/mol. The zero-order chi connectivity index (χ0) is 21.9. The smallest absolute Gasteiger partial charge is 0.192 e. The zero-order valence-electron chi connectivity index (χ0n) is 18.2. The molecule has 31 heavy (non-hydrogen) atoms. The van der Waals surface area contributed by atoms with E-state index in [0.29, 0.717) is 34.6 Å². The topological polar surface area (TPSA) is 64.6 Å². The predicted molar refractivity (Wildman–Crippen MR) is 118 cm³/mol. The summed E-state index contributed by atoms with van der Waals surface area (Å²) in [5, 5.41) is 3.50. The molecule has 0 saturated heterocycles. The standard InChI is InChI=1S/C26H25NO4/c1-26(2)12-18-22(19(28)13-26)21(17-11-14(30-3)9-10-20(17)31-4)23-24(27-18)15-7-5-6-8-16(15)25(23)29/h5-11,21,27H,12-13H2,1-4H3/t21-/m1/s1. The Labute approximate surface area is 181 Å². The van der Waals surface area contributed by atoms with E-state index in [-0.39, 0.29) is 17.0 Å². The monoisotopic (exact) mass is 415 g/mol. The molecule has 0 amide bonds. The normalized spacial score (nSPS) is 21.4. The lowest BCUT2D eigenvalue weighted by Crippen LogP contribution is -2.37. The van der Waals surface area contributed by atoms with Crippen molar-refractivity contribution in [3.8, 4) is 11.5 Å². The number of methoxy groups -OCH3 is 2. The number of hydrogen-bond donors (Lipinski definition) is 1. The molecule has 5 rings (SSSR count). The van der Waals surface area contributed by atoms with Crippen LogP contribution in [0.25, 0.3) is 5.70 Å². The van der Waals surface area contributed by atoms with Crippen molar-refractivity contribution in [1.82, 2.24) is 5.32 Å². The van der Waals surface area contributed by atoms with Crippen LogP contribution in [0, 0.1) is 5.41 Å².